The summed E-state index contributed by atoms with van der Waals surface area (Å²) in [6.07, 6.45) is -0.483. The molecule has 1 aromatic rings. The average molecular weight is 171 g/mol. The van der Waals surface area contributed by atoms with Gasteiger partial charge in [-0.15, -0.1) is 0 Å². The molecule has 0 fully saturated rings. The van der Waals surface area contributed by atoms with E-state index in [-0.39, 0.29) is 0 Å². The molecule has 60 valence electrons. The van der Waals surface area contributed by atoms with E-state index in [1.807, 2.05) is 25.1 Å². The van der Waals surface area contributed by atoms with Crippen molar-refractivity contribution in [1.82, 2.24) is 0 Å². The van der Waals surface area contributed by atoms with Gasteiger partial charge in [0.1, 0.15) is 0 Å². The van der Waals surface area contributed by atoms with E-state index in [9.17, 15) is 5.11 Å². The Balaban J connectivity index is 3.09. The molecule has 1 rings (SSSR count). The van der Waals surface area contributed by atoms with Crippen molar-refractivity contribution >= 4 is 11.6 Å². The van der Waals surface area contributed by atoms with Gasteiger partial charge in [-0.05, 0) is 31.0 Å². The van der Waals surface area contributed by atoms with Crippen LogP contribution in [0.5, 0.6) is 0 Å². The van der Waals surface area contributed by atoms with Gasteiger partial charge in [0.05, 0.1) is 6.10 Å². The summed E-state index contributed by atoms with van der Waals surface area (Å²) in [6.45, 7) is 3.67. The minimum atomic E-state index is -0.483. The third-order valence-electron chi connectivity index (χ3n) is 1.61. The first-order valence-electron chi connectivity index (χ1n) is 3.55. The Kier molecular flexibility index (Phi) is 2.53. The summed E-state index contributed by atoms with van der Waals surface area (Å²) in [6, 6.07) is 5.64. The Morgan fingerprint density at radius 2 is 2.09 bits per heavy atom. The van der Waals surface area contributed by atoms with Crippen molar-refractivity contribution in [3.63, 3.8) is 0 Å². The topological polar surface area (TPSA) is 20.2 Å². The number of halogens is 1. The lowest BCUT2D eigenvalue weighted by atomic mass is 10.1. The van der Waals surface area contributed by atoms with Gasteiger partial charge in [0.25, 0.3) is 0 Å². The van der Waals surface area contributed by atoms with E-state index in [0.29, 0.717) is 5.02 Å². The van der Waals surface area contributed by atoms with Crippen LogP contribution in [-0.2, 0) is 0 Å². The summed E-state index contributed by atoms with van der Waals surface area (Å²) in [5.74, 6) is 0. The second-order valence-electron chi connectivity index (χ2n) is 2.70. The molecule has 0 aliphatic carbocycles. The SMILES string of the molecule is Cc1ccc(C(C)O)c(Cl)c1. The van der Waals surface area contributed by atoms with Crippen molar-refractivity contribution in [3.8, 4) is 0 Å². The third-order valence-corrected chi connectivity index (χ3v) is 1.93. The fourth-order valence-electron chi connectivity index (χ4n) is 0.971. The molecule has 0 aromatic heterocycles. The molecular weight excluding hydrogens is 160 g/mol. The van der Waals surface area contributed by atoms with Crippen molar-refractivity contribution in [2.24, 2.45) is 0 Å². The second kappa shape index (κ2) is 3.24. The molecule has 1 atom stereocenters. The predicted octanol–water partition coefficient (Wildman–Crippen LogP) is 2.70. The molecule has 0 radical (unpaired) electrons. The Bertz CT molecular complexity index is 256. The summed E-state index contributed by atoms with van der Waals surface area (Å²) in [4.78, 5) is 0. The summed E-state index contributed by atoms with van der Waals surface area (Å²) < 4.78 is 0. The van der Waals surface area contributed by atoms with Crippen LogP contribution in [0.4, 0.5) is 0 Å². The maximum absolute atomic E-state index is 9.21. The Hall–Kier alpha value is -0.530. The molecule has 0 saturated heterocycles. The van der Waals surface area contributed by atoms with Crippen LogP contribution >= 0.6 is 11.6 Å². The molecule has 0 aliphatic heterocycles. The van der Waals surface area contributed by atoms with E-state index < -0.39 is 6.10 Å². The van der Waals surface area contributed by atoms with Crippen LogP contribution < -0.4 is 0 Å². The van der Waals surface area contributed by atoms with Gasteiger partial charge in [-0.3, -0.25) is 0 Å². The van der Waals surface area contributed by atoms with Gasteiger partial charge < -0.3 is 5.11 Å². The predicted molar refractivity (Wildman–Crippen MR) is 46.8 cm³/mol. The molecule has 0 heterocycles. The highest BCUT2D eigenvalue weighted by atomic mass is 35.5. The van der Waals surface area contributed by atoms with Crippen LogP contribution in [-0.4, -0.2) is 5.11 Å². The van der Waals surface area contributed by atoms with Crippen molar-refractivity contribution in [1.29, 1.82) is 0 Å². The highest BCUT2D eigenvalue weighted by Gasteiger charge is 2.04. The van der Waals surface area contributed by atoms with Gasteiger partial charge in [-0.25, -0.2) is 0 Å². The summed E-state index contributed by atoms with van der Waals surface area (Å²) >= 11 is 5.86. The molecule has 0 bridgehead atoms. The van der Waals surface area contributed by atoms with Crippen LogP contribution in [0.15, 0.2) is 18.2 Å². The van der Waals surface area contributed by atoms with E-state index in [2.05, 4.69) is 0 Å². The fourth-order valence-corrected chi connectivity index (χ4v) is 1.36. The zero-order valence-corrected chi connectivity index (χ0v) is 7.39. The van der Waals surface area contributed by atoms with E-state index in [0.717, 1.165) is 11.1 Å². The molecule has 1 unspecified atom stereocenters. The smallest absolute Gasteiger partial charge is 0.0776 e. The first-order chi connectivity index (χ1) is 5.11. The average Bonchev–Trinajstić information content (AvgIpc) is 1.85. The normalized spacial score (nSPS) is 13.1. The van der Waals surface area contributed by atoms with Gasteiger partial charge >= 0.3 is 0 Å². The number of aliphatic hydroxyl groups excluding tert-OH is 1. The molecule has 0 spiro atoms. The van der Waals surface area contributed by atoms with Crippen LogP contribution in [0.25, 0.3) is 0 Å². The summed E-state index contributed by atoms with van der Waals surface area (Å²) in [7, 11) is 0. The highest BCUT2D eigenvalue weighted by molar-refractivity contribution is 6.31. The standard InChI is InChI=1S/C9H11ClO/c1-6-3-4-8(7(2)11)9(10)5-6/h3-5,7,11H,1-2H3. The number of hydrogen-bond donors (Lipinski definition) is 1. The largest absolute Gasteiger partial charge is 0.389 e. The van der Waals surface area contributed by atoms with Crippen molar-refractivity contribution in [2.75, 3.05) is 0 Å². The van der Waals surface area contributed by atoms with E-state index in [1.54, 1.807) is 6.92 Å². The molecule has 1 nitrogen and oxygen atoms in total. The molecule has 0 aliphatic rings. The molecule has 2 heteroatoms. The van der Waals surface area contributed by atoms with Crippen LogP contribution in [0, 0.1) is 6.92 Å². The maximum Gasteiger partial charge on any atom is 0.0776 e. The van der Waals surface area contributed by atoms with Gasteiger partial charge in [0.15, 0.2) is 0 Å². The number of benzene rings is 1. The first kappa shape index (κ1) is 8.57. The monoisotopic (exact) mass is 170 g/mol. The Labute approximate surface area is 71.6 Å². The maximum atomic E-state index is 9.21. The van der Waals surface area contributed by atoms with Gasteiger partial charge in [0.2, 0.25) is 0 Å². The van der Waals surface area contributed by atoms with E-state index in [4.69, 9.17) is 11.6 Å². The van der Waals surface area contributed by atoms with E-state index >= 15 is 0 Å². The minimum absolute atomic E-state index is 0.483. The molecular formula is C9H11ClO. The summed E-state index contributed by atoms with van der Waals surface area (Å²) in [5, 5.41) is 9.85. The number of aryl methyl sites for hydroxylation is 1. The van der Waals surface area contributed by atoms with E-state index in [1.165, 1.54) is 0 Å². The number of hydrogen-bond acceptors (Lipinski definition) is 1. The number of rotatable bonds is 1. The number of aliphatic hydroxyl groups is 1. The lowest BCUT2D eigenvalue weighted by molar-refractivity contribution is 0.199. The zero-order chi connectivity index (χ0) is 8.43. The quantitative estimate of drug-likeness (QED) is 0.687. The van der Waals surface area contributed by atoms with Crippen molar-refractivity contribution < 1.29 is 5.11 Å². The van der Waals surface area contributed by atoms with Gasteiger partial charge in [0, 0.05) is 5.02 Å². The highest BCUT2D eigenvalue weighted by Crippen LogP contribution is 2.23. The Morgan fingerprint density at radius 1 is 1.45 bits per heavy atom. The first-order valence-corrected chi connectivity index (χ1v) is 3.93. The van der Waals surface area contributed by atoms with Gasteiger partial charge in [-0.2, -0.15) is 0 Å². The molecule has 11 heavy (non-hydrogen) atoms. The lowest BCUT2D eigenvalue weighted by Crippen LogP contribution is -1.91. The zero-order valence-electron chi connectivity index (χ0n) is 6.63. The molecule has 0 saturated carbocycles. The van der Waals surface area contributed by atoms with Crippen LogP contribution in [0.2, 0.25) is 5.02 Å². The Morgan fingerprint density at radius 3 is 2.55 bits per heavy atom. The van der Waals surface area contributed by atoms with Crippen LogP contribution in [0.3, 0.4) is 0 Å². The summed E-state index contributed by atoms with van der Waals surface area (Å²) in [5.41, 5.74) is 1.90. The third kappa shape index (κ3) is 1.95. The lowest BCUT2D eigenvalue weighted by Gasteiger charge is -2.06. The van der Waals surface area contributed by atoms with Gasteiger partial charge in [-0.1, -0.05) is 23.7 Å². The van der Waals surface area contributed by atoms with Crippen LogP contribution in [0.1, 0.15) is 24.2 Å². The fraction of sp³-hybridized carbons (Fsp3) is 0.333. The second-order valence-corrected chi connectivity index (χ2v) is 3.11. The van der Waals surface area contributed by atoms with Crippen molar-refractivity contribution in [3.05, 3.63) is 34.3 Å². The minimum Gasteiger partial charge on any atom is -0.389 e. The molecule has 1 aromatic carbocycles. The van der Waals surface area contributed by atoms with Crippen molar-refractivity contribution in [2.45, 2.75) is 20.0 Å². The molecule has 0 amide bonds. The molecule has 1 N–H and O–H groups in total.